The van der Waals surface area contributed by atoms with Crippen LogP contribution in [0.1, 0.15) is 45.1 Å². The highest BCUT2D eigenvalue weighted by atomic mass is 16.2. The first-order valence-corrected chi connectivity index (χ1v) is 6.79. The highest BCUT2D eigenvalue weighted by Gasteiger charge is 2.12. The molecule has 0 aliphatic rings. The van der Waals surface area contributed by atoms with Gasteiger partial charge in [0.2, 0.25) is 5.91 Å². The maximum Gasteiger partial charge on any atom is 0.222 e. The number of unbranched alkanes of at least 4 members (excludes halogenated alkanes) is 1. The summed E-state index contributed by atoms with van der Waals surface area (Å²) >= 11 is 0. The Bertz CT molecular complexity index is 377. The van der Waals surface area contributed by atoms with E-state index in [-0.39, 0.29) is 5.91 Å². The molecule has 0 spiro atoms. The number of hydrogen-bond donors (Lipinski definition) is 1. The van der Waals surface area contributed by atoms with Crippen molar-refractivity contribution in [2.24, 2.45) is 0 Å². The van der Waals surface area contributed by atoms with E-state index in [0.29, 0.717) is 13.0 Å². The molecule has 0 radical (unpaired) electrons. The number of nitrogen functional groups attached to an aromatic ring is 1. The Morgan fingerprint density at radius 3 is 2.67 bits per heavy atom. The van der Waals surface area contributed by atoms with Crippen molar-refractivity contribution in [2.75, 3.05) is 12.3 Å². The van der Waals surface area contributed by atoms with Gasteiger partial charge in [0.15, 0.2) is 0 Å². The quantitative estimate of drug-likeness (QED) is 0.753. The average molecular weight is 248 g/mol. The Balaban J connectivity index is 2.64. The van der Waals surface area contributed by atoms with Crippen LogP contribution in [0.2, 0.25) is 0 Å². The third-order valence-electron chi connectivity index (χ3n) is 2.91. The molecule has 1 amide bonds. The van der Waals surface area contributed by atoms with Crippen LogP contribution in [0.15, 0.2) is 24.3 Å². The van der Waals surface area contributed by atoms with Gasteiger partial charge in [0, 0.05) is 25.2 Å². The molecule has 0 aliphatic heterocycles. The first kappa shape index (κ1) is 14.6. The van der Waals surface area contributed by atoms with E-state index in [0.717, 1.165) is 37.1 Å². The van der Waals surface area contributed by atoms with Crippen molar-refractivity contribution in [3.63, 3.8) is 0 Å². The molecule has 0 fully saturated rings. The van der Waals surface area contributed by atoms with Crippen LogP contribution >= 0.6 is 0 Å². The van der Waals surface area contributed by atoms with E-state index >= 15 is 0 Å². The molecule has 1 aromatic carbocycles. The standard InChI is InChI=1S/C15H24N2O/c1-3-5-9-15(18)17(10-4-2)12-13-7-6-8-14(16)11-13/h6-8,11H,3-5,9-10,12,16H2,1-2H3. The zero-order valence-electron chi connectivity index (χ0n) is 11.5. The summed E-state index contributed by atoms with van der Waals surface area (Å²) in [5, 5.41) is 0. The van der Waals surface area contributed by atoms with Crippen LogP contribution in [-0.4, -0.2) is 17.4 Å². The lowest BCUT2D eigenvalue weighted by molar-refractivity contribution is -0.132. The molecule has 0 aliphatic carbocycles. The second kappa shape index (κ2) is 7.75. The monoisotopic (exact) mass is 248 g/mol. The van der Waals surface area contributed by atoms with Crippen LogP contribution in [-0.2, 0) is 11.3 Å². The molecule has 18 heavy (non-hydrogen) atoms. The van der Waals surface area contributed by atoms with E-state index < -0.39 is 0 Å². The molecule has 0 unspecified atom stereocenters. The molecule has 1 aromatic rings. The largest absolute Gasteiger partial charge is 0.399 e. The molecular weight excluding hydrogens is 224 g/mol. The molecule has 3 heteroatoms. The van der Waals surface area contributed by atoms with E-state index in [1.54, 1.807) is 0 Å². The summed E-state index contributed by atoms with van der Waals surface area (Å²) < 4.78 is 0. The number of amides is 1. The van der Waals surface area contributed by atoms with E-state index in [1.807, 2.05) is 29.2 Å². The van der Waals surface area contributed by atoms with Crippen LogP contribution in [0.25, 0.3) is 0 Å². The van der Waals surface area contributed by atoms with Crippen LogP contribution in [0.3, 0.4) is 0 Å². The van der Waals surface area contributed by atoms with Crippen molar-refractivity contribution in [1.82, 2.24) is 4.90 Å². The zero-order valence-corrected chi connectivity index (χ0v) is 11.5. The minimum Gasteiger partial charge on any atom is -0.399 e. The molecule has 0 aromatic heterocycles. The van der Waals surface area contributed by atoms with Gasteiger partial charge < -0.3 is 10.6 Å². The lowest BCUT2D eigenvalue weighted by Crippen LogP contribution is -2.31. The number of rotatable bonds is 7. The van der Waals surface area contributed by atoms with Gasteiger partial charge >= 0.3 is 0 Å². The summed E-state index contributed by atoms with van der Waals surface area (Å²) in [6.07, 6.45) is 3.67. The molecule has 2 N–H and O–H groups in total. The number of carbonyl (C=O) groups excluding carboxylic acids is 1. The van der Waals surface area contributed by atoms with E-state index in [1.165, 1.54) is 0 Å². The lowest BCUT2D eigenvalue weighted by atomic mass is 10.1. The van der Waals surface area contributed by atoms with Crippen LogP contribution < -0.4 is 5.73 Å². The Labute approximate surface area is 110 Å². The third-order valence-corrected chi connectivity index (χ3v) is 2.91. The average Bonchev–Trinajstić information content (AvgIpc) is 2.35. The zero-order chi connectivity index (χ0) is 13.4. The fourth-order valence-corrected chi connectivity index (χ4v) is 1.96. The summed E-state index contributed by atoms with van der Waals surface area (Å²) in [7, 11) is 0. The number of hydrogen-bond acceptors (Lipinski definition) is 2. The summed E-state index contributed by atoms with van der Waals surface area (Å²) in [6.45, 7) is 5.69. The first-order valence-electron chi connectivity index (χ1n) is 6.79. The SMILES string of the molecule is CCCCC(=O)N(CCC)Cc1cccc(N)c1. The lowest BCUT2D eigenvalue weighted by Gasteiger charge is -2.22. The molecule has 0 saturated carbocycles. The molecule has 3 nitrogen and oxygen atoms in total. The molecule has 0 saturated heterocycles. The van der Waals surface area contributed by atoms with Crippen molar-refractivity contribution in [2.45, 2.75) is 46.1 Å². The maximum absolute atomic E-state index is 12.1. The minimum absolute atomic E-state index is 0.251. The van der Waals surface area contributed by atoms with E-state index in [4.69, 9.17) is 5.73 Å². The Morgan fingerprint density at radius 1 is 1.28 bits per heavy atom. The summed E-state index contributed by atoms with van der Waals surface area (Å²) in [6, 6.07) is 7.76. The molecule has 0 atom stereocenters. The molecule has 1 rings (SSSR count). The van der Waals surface area contributed by atoms with Crippen molar-refractivity contribution < 1.29 is 4.79 Å². The predicted octanol–water partition coefficient (Wildman–Crippen LogP) is 3.20. The topological polar surface area (TPSA) is 46.3 Å². The molecule has 0 bridgehead atoms. The van der Waals surface area contributed by atoms with Gasteiger partial charge in [0.05, 0.1) is 0 Å². The molecule has 0 heterocycles. The van der Waals surface area contributed by atoms with Crippen LogP contribution in [0, 0.1) is 0 Å². The number of nitrogens with two attached hydrogens (primary N) is 1. The van der Waals surface area contributed by atoms with E-state index in [2.05, 4.69) is 13.8 Å². The highest BCUT2D eigenvalue weighted by molar-refractivity contribution is 5.76. The van der Waals surface area contributed by atoms with Crippen molar-refractivity contribution in [1.29, 1.82) is 0 Å². The number of anilines is 1. The van der Waals surface area contributed by atoms with Gasteiger partial charge in [-0.2, -0.15) is 0 Å². The minimum atomic E-state index is 0.251. The van der Waals surface area contributed by atoms with Crippen LogP contribution in [0.5, 0.6) is 0 Å². The van der Waals surface area contributed by atoms with E-state index in [9.17, 15) is 4.79 Å². The third kappa shape index (κ3) is 4.78. The number of nitrogens with zero attached hydrogens (tertiary/aromatic N) is 1. The van der Waals surface area contributed by atoms with Gasteiger partial charge in [-0.05, 0) is 30.5 Å². The Morgan fingerprint density at radius 2 is 2.06 bits per heavy atom. The van der Waals surface area contributed by atoms with Gasteiger partial charge in [-0.25, -0.2) is 0 Å². The predicted molar refractivity (Wildman–Crippen MR) is 76.1 cm³/mol. The van der Waals surface area contributed by atoms with Gasteiger partial charge in [-0.1, -0.05) is 32.4 Å². The van der Waals surface area contributed by atoms with Crippen molar-refractivity contribution in [3.8, 4) is 0 Å². The summed E-state index contributed by atoms with van der Waals surface area (Å²) in [4.78, 5) is 14.0. The second-order valence-electron chi connectivity index (χ2n) is 4.66. The fraction of sp³-hybridized carbons (Fsp3) is 0.533. The Hall–Kier alpha value is -1.51. The maximum atomic E-state index is 12.1. The molecule has 100 valence electrons. The fourth-order valence-electron chi connectivity index (χ4n) is 1.96. The number of benzene rings is 1. The highest BCUT2D eigenvalue weighted by Crippen LogP contribution is 2.11. The Kier molecular flexibility index (Phi) is 6.26. The molecular formula is C15H24N2O. The summed E-state index contributed by atoms with van der Waals surface area (Å²) in [5.41, 5.74) is 7.62. The van der Waals surface area contributed by atoms with Crippen molar-refractivity contribution in [3.05, 3.63) is 29.8 Å². The van der Waals surface area contributed by atoms with Gasteiger partial charge in [0.25, 0.3) is 0 Å². The van der Waals surface area contributed by atoms with Gasteiger partial charge in [0.1, 0.15) is 0 Å². The number of carbonyl (C=O) groups is 1. The van der Waals surface area contributed by atoms with Crippen molar-refractivity contribution >= 4 is 11.6 Å². The normalized spacial score (nSPS) is 10.3. The first-order chi connectivity index (χ1) is 8.67. The van der Waals surface area contributed by atoms with Gasteiger partial charge in [-0.15, -0.1) is 0 Å². The van der Waals surface area contributed by atoms with Gasteiger partial charge in [-0.3, -0.25) is 4.79 Å². The van der Waals surface area contributed by atoms with Crippen LogP contribution in [0.4, 0.5) is 5.69 Å². The second-order valence-corrected chi connectivity index (χ2v) is 4.66. The summed E-state index contributed by atoms with van der Waals surface area (Å²) in [5.74, 6) is 0.251. The smallest absolute Gasteiger partial charge is 0.222 e.